The zero-order chi connectivity index (χ0) is 12.3. The lowest BCUT2D eigenvalue weighted by molar-refractivity contribution is -0.141. The fourth-order valence-corrected chi connectivity index (χ4v) is 1.16. The third kappa shape index (κ3) is 2.39. The summed E-state index contributed by atoms with van der Waals surface area (Å²) in [5, 5.41) is 3.41. The molecule has 0 aliphatic carbocycles. The van der Waals surface area contributed by atoms with E-state index in [2.05, 4.69) is 23.4 Å². The molecule has 1 aromatic heterocycles. The number of alkyl halides is 3. The Labute approximate surface area is 90.6 Å². The molecule has 0 unspecified atom stereocenters. The first-order valence-corrected chi connectivity index (χ1v) is 4.33. The number of halogens is 3. The third-order valence-electron chi connectivity index (χ3n) is 1.83. The fraction of sp³-hybridized carbons (Fsp3) is 0.200. The first-order valence-electron chi connectivity index (χ1n) is 4.33. The van der Waals surface area contributed by atoms with Crippen molar-refractivity contribution >= 4 is 12.5 Å². The van der Waals surface area contributed by atoms with Crippen LogP contribution in [0.4, 0.5) is 13.2 Å². The Hall–Kier alpha value is -1.85. The second kappa shape index (κ2) is 4.34. The molecule has 3 nitrogen and oxygen atoms in total. The van der Waals surface area contributed by atoms with Crippen molar-refractivity contribution < 1.29 is 13.2 Å². The Kier molecular flexibility index (Phi) is 3.31. The molecule has 0 aliphatic rings. The van der Waals surface area contributed by atoms with Crippen LogP contribution in [0.2, 0.25) is 0 Å². The van der Waals surface area contributed by atoms with Crippen molar-refractivity contribution in [1.29, 1.82) is 0 Å². The van der Waals surface area contributed by atoms with Gasteiger partial charge in [-0.05, 0) is 19.7 Å². The van der Waals surface area contributed by atoms with Crippen molar-refractivity contribution in [3.8, 4) is 0 Å². The van der Waals surface area contributed by atoms with Gasteiger partial charge in [0, 0.05) is 11.8 Å². The number of nitrogens with zero attached hydrogens (tertiary/aromatic N) is 3. The van der Waals surface area contributed by atoms with E-state index < -0.39 is 11.9 Å². The van der Waals surface area contributed by atoms with Crippen LogP contribution in [0.25, 0.3) is 5.82 Å². The average Bonchev–Trinajstić information content (AvgIpc) is 2.56. The van der Waals surface area contributed by atoms with Crippen LogP contribution in [-0.4, -0.2) is 16.5 Å². The highest BCUT2D eigenvalue weighted by Gasteiger charge is 2.36. The maximum atomic E-state index is 12.5. The van der Waals surface area contributed by atoms with Gasteiger partial charge in [0.2, 0.25) is 0 Å². The highest BCUT2D eigenvalue weighted by atomic mass is 19.4. The summed E-state index contributed by atoms with van der Waals surface area (Å²) in [4.78, 5) is 3.56. The highest BCUT2D eigenvalue weighted by Crippen LogP contribution is 2.30. The molecule has 0 aliphatic heterocycles. The predicted molar refractivity (Wildman–Crippen MR) is 56.0 cm³/mol. The summed E-state index contributed by atoms with van der Waals surface area (Å²) in [6.45, 7) is 8.01. The Morgan fingerprint density at radius 3 is 2.56 bits per heavy atom. The molecule has 0 spiro atoms. The topological polar surface area (TPSA) is 30.2 Å². The third-order valence-corrected chi connectivity index (χ3v) is 1.83. The van der Waals surface area contributed by atoms with Crippen LogP contribution in [0.5, 0.6) is 0 Å². The molecule has 1 aromatic rings. The lowest BCUT2D eigenvalue weighted by Crippen LogP contribution is -2.08. The molecule has 0 saturated heterocycles. The van der Waals surface area contributed by atoms with E-state index in [4.69, 9.17) is 0 Å². The number of rotatable bonds is 3. The van der Waals surface area contributed by atoms with E-state index in [0.717, 1.165) is 4.68 Å². The van der Waals surface area contributed by atoms with Gasteiger partial charge in [-0.1, -0.05) is 12.7 Å². The summed E-state index contributed by atoms with van der Waals surface area (Å²) in [5.74, 6) is 0.189. The van der Waals surface area contributed by atoms with Crippen LogP contribution in [-0.2, 0) is 6.18 Å². The number of allylic oxidation sites excluding steroid dienone is 2. The lowest BCUT2D eigenvalue weighted by atomic mass is 10.3. The summed E-state index contributed by atoms with van der Waals surface area (Å²) in [6.07, 6.45) is -0.406. The molecule has 0 radical (unpaired) electrons. The van der Waals surface area contributed by atoms with Gasteiger partial charge in [0.1, 0.15) is 0 Å². The predicted octanol–water partition coefficient (Wildman–Crippen LogP) is 2.90. The number of aromatic nitrogens is 2. The molecule has 0 N–H and O–H groups in total. The molecular formula is C10H10F3N3. The second-order valence-electron chi connectivity index (χ2n) is 3.02. The zero-order valence-electron chi connectivity index (χ0n) is 8.62. The number of aliphatic imine (C=N–C) groups is 1. The highest BCUT2D eigenvalue weighted by molar-refractivity contribution is 5.52. The van der Waals surface area contributed by atoms with E-state index >= 15 is 0 Å². The summed E-state index contributed by atoms with van der Waals surface area (Å²) < 4.78 is 38.4. The Bertz CT molecular complexity index is 441. The quantitative estimate of drug-likeness (QED) is 0.579. The molecule has 16 heavy (non-hydrogen) atoms. The maximum absolute atomic E-state index is 12.5. The SMILES string of the molecule is C=C/C=C(\N=C)n1cc(C)c(C(F)(F)F)n1. The van der Waals surface area contributed by atoms with Crippen LogP contribution in [0.1, 0.15) is 11.3 Å². The van der Waals surface area contributed by atoms with Gasteiger partial charge in [0.15, 0.2) is 11.5 Å². The van der Waals surface area contributed by atoms with Crippen LogP contribution in [0.15, 0.2) is 29.9 Å². The van der Waals surface area contributed by atoms with E-state index in [1.807, 2.05) is 0 Å². The number of hydrogen-bond acceptors (Lipinski definition) is 2. The van der Waals surface area contributed by atoms with Crippen molar-refractivity contribution in [3.05, 3.63) is 36.2 Å². The van der Waals surface area contributed by atoms with E-state index in [1.54, 1.807) is 0 Å². The van der Waals surface area contributed by atoms with E-state index in [0.29, 0.717) is 0 Å². The molecule has 86 valence electrons. The van der Waals surface area contributed by atoms with Crippen molar-refractivity contribution in [2.24, 2.45) is 4.99 Å². The molecule has 1 rings (SSSR count). The lowest BCUT2D eigenvalue weighted by Gasteiger charge is -2.02. The summed E-state index contributed by atoms with van der Waals surface area (Å²) >= 11 is 0. The first kappa shape index (κ1) is 12.2. The minimum Gasteiger partial charge on any atom is -0.245 e. The van der Waals surface area contributed by atoms with E-state index in [9.17, 15) is 13.2 Å². The van der Waals surface area contributed by atoms with Crippen LogP contribution < -0.4 is 0 Å². The van der Waals surface area contributed by atoms with E-state index in [1.165, 1.54) is 25.3 Å². The van der Waals surface area contributed by atoms with Gasteiger partial charge in [0.05, 0.1) is 0 Å². The van der Waals surface area contributed by atoms with Crippen LogP contribution in [0, 0.1) is 6.92 Å². The first-order chi connectivity index (χ1) is 7.40. The van der Waals surface area contributed by atoms with Gasteiger partial charge >= 0.3 is 6.18 Å². The van der Waals surface area contributed by atoms with Gasteiger partial charge in [-0.2, -0.15) is 18.3 Å². The van der Waals surface area contributed by atoms with Crippen LogP contribution >= 0.6 is 0 Å². The van der Waals surface area contributed by atoms with Crippen molar-refractivity contribution in [3.63, 3.8) is 0 Å². The summed E-state index contributed by atoms with van der Waals surface area (Å²) in [6, 6.07) is 0. The molecule has 1 heterocycles. The largest absolute Gasteiger partial charge is 0.435 e. The average molecular weight is 229 g/mol. The van der Waals surface area contributed by atoms with Gasteiger partial charge in [-0.3, -0.25) is 0 Å². The standard InChI is InChI=1S/C10H10F3N3/c1-4-5-8(14-3)16-6-7(2)9(15-16)10(11,12)13/h4-6H,1,3H2,2H3/b8-5+. The molecule has 6 heteroatoms. The second-order valence-corrected chi connectivity index (χ2v) is 3.02. The Balaban J connectivity index is 3.24. The monoisotopic (exact) mass is 229 g/mol. The molecule has 0 fully saturated rings. The van der Waals surface area contributed by atoms with Crippen LogP contribution in [0.3, 0.4) is 0 Å². The maximum Gasteiger partial charge on any atom is 0.435 e. The van der Waals surface area contributed by atoms with Gasteiger partial charge < -0.3 is 0 Å². The molecule has 0 aromatic carbocycles. The molecular weight excluding hydrogens is 219 g/mol. The van der Waals surface area contributed by atoms with Gasteiger partial charge in [-0.25, -0.2) is 9.67 Å². The summed E-state index contributed by atoms with van der Waals surface area (Å²) in [5.41, 5.74) is -0.891. The summed E-state index contributed by atoms with van der Waals surface area (Å²) in [7, 11) is 0. The smallest absolute Gasteiger partial charge is 0.245 e. The number of aryl methyl sites for hydroxylation is 1. The van der Waals surface area contributed by atoms with Gasteiger partial charge in [-0.15, -0.1) is 0 Å². The molecule has 0 atom stereocenters. The molecule has 0 amide bonds. The zero-order valence-corrected chi connectivity index (χ0v) is 8.62. The fourth-order valence-electron chi connectivity index (χ4n) is 1.16. The van der Waals surface area contributed by atoms with Crippen molar-refractivity contribution in [2.75, 3.05) is 0 Å². The minimum absolute atomic E-state index is 0.0334. The van der Waals surface area contributed by atoms with Crippen molar-refractivity contribution in [2.45, 2.75) is 13.1 Å². The minimum atomic E-state index is -4.46. The molecule has 0 saturated carbocycles. The Morgan fingerprint density at radius 1 is 1.56 bits per heavy atom. The number of hydrogen-bond donors (Lipinski definition) is 0. The normalized spacial score (nSPS) is 12.6. The Morgan fingerprint density at radius 2 is 2.19 bits per heavy atom. The van der Waals surface area contributed by atoms with Gasteiger partial charge in [0.25, 0.3) is 0 Å². The van der Waals surface area contributed by atoms with E-state index in [-0.39, 0.29) is 11.4 Å². The molecule has 0 bridgehead atoms. The van der Waals surface area contributed by atoms with Crippen molar-refractivity contribution in [1.82, 2.24) is 9.78 Å².